The average molecular weight is 285 g/mol. The van der Waals surface area contributed by atoms with Gasteiger partial charge in [0.15, 0.2) is 5.82 Å². The molecule has 8 heteroatoms. The lowest BCUT2D eigenvalue weighted by Crippen LogP contribution is -2.16. The first-order valence-corrected chi connectivity index (χ1v) is 6.07. The summed E-state index contributed by atoms with van der Waals surface area (Å²) >= 11 is 0. The van der Waals surface area contributed by atoms with Crippen LogP contribution in [-0.4, -0.2) is 35.6 Å². The van der Waals surface area contributed by atoms with E-state index in [1.54, 1.807) is 36.1 Å². The number of hydrogen-bond acceptors (Lipinski definition) is 4. The number of nitrogens with one attached hydrogen (secondary N) is 1. The van der Waals surface area contributed by atoms with Crippen LogP contribution in [0.5, 0.6) is 0 Å². The van der Waals surface area contributed by atoms with Crippen molar-refractivity contribution >= 4 is 5.97 Å². The van der Waals surface area contributed by atoms with Gasteiger partial charge in [-0.25, -0.2) is 19.3 Å². The molecule has 0 aliphatic rings. The Hall–Kier alpha value is -3.16. The van der Waals surface area contributed by atoms with Crippen molar-refractivity contribution in [2.24, 2.45) is 7.05 Å². The molecule has 0 saturated heterocycles. The van der Waals surface area contributed by atoms with E-state index in [0.29, 0.717) is 17.2 Å². The van der Waals surface area contributed by atoms with E-state index in [0.717, 1.165) is 0 Å². The molecule has 0 bridgehead atoms. The minimum absolute atomic E-state index is 0.148. The number of aryl methyl sites for hydroxylation is 1. The maximum atomic E-state index is 11.9. The van der Waals surface area contributed by atoms with Crippen LogP contribution in [0.1, 0.15) is 10.4 Å². The third-order valence-corrected chi connectivity index (χ3v) is 2.99. The van der Waals surface area contributed by atoms with E-state index in [2.05, 4.69) is 15.3 Å². The third kappa shape index (κ3) is 2.22. The minimum Gasteiger partial charge on any atom is -0.478 e. The Balaban J connectivity index is 2.12. The summed E-state index contributed by atoms with van der Waals surface area (Å²) in [6, 6.07) is 7.69. The highest BCUT2D eigenvalue weighted by Crippen LogP contribution is 2.17. The lowest BCUT2D eigenvalue weighted by Gasteiger charge is -2.04. The van der Waals surface area contributed by atoms with Crippen LogP contribution in [-0.2, 0) is 7.05 Å². The first-order valence-electron chi connectivity index (χ1n) is 6.07. The fourth-order valence-corrected chi connectivity index (χ4v) is 2.00. The van der Waals surface area contributed by atoms with Gasteiger partial charge in [0.25, 0.3) is 0 Å². The van der Waals surface area contributed by atoms with Gasteiger partial charge in [0.2, 0.25) is 0 Å². The van der Waals surface area contributed by atoms with Crippen molar-refractivity contribution in [1.29, 1.82) is 0 Å². The van der Waals surface area contributed by atoms with Gasteiger partial charge >= 0.3 is 11.7 Å². The molecule has 0 fully saturated rings. The zero-order valence-corrected chi connectivity index (χ0v) is 11.0. The van der Waals surface area contributed by atoms with Crippen LogP contribution in [0.25, 0.3) is 17.2 Å². The van der Waals surface area contributed by atoms with Crippen LogP contribution >= 0.6 is 0 Å². The molecule has 0 amide bonds. The first-order chi connectivity index (χ1) is 10.1. The zero-order valence-electron chi connectivity index (χ0n) is 11.0. The summed E-state index contributed by atoms with van der Waals surface area (Å²) in [6.07, 6.45) is 1.74. The number of hydrogen-bond donors (Lipinski definition) is 2. The number of aromatic amines is 1. The molecule has 3 rings (SSSR count). The Labute approximate surface area is 118 Å². The van der Waals surface area contributed by atoms with Gasteiger partial charge in [-0.15, -0.1) is 0 Å². The molecule has 3 aromatic rings. The summed E-state index contributed by atoms with van der Waals surface area (Å²) in [5.41, 5.74) is 0.783. The molecule has 2 N–H and O–H groups in total. The number of nitrogens with zero attached hydrogens (tertiary/aromatic N) is 4. The summed E-state index contributed by atoms with van der Waals surface area (Å²) < 4.78 is 2.94. The summed E-state index contributed by atoms with van der Waals surface area (Å²) in [7, 11) is 1.76. The molecule has 0 aliphatic heterocycles. The Bertz CT molecular complexity index is 857. The second kappa shape index (κ2) is 4.75. The molecular weight excluding hydrogens is 274 g/mol. The number of H-pyrrole nitrogens is 1. The maximum absolute atomic E-state index is 11.9. The van der Waals surface area contributed by atoms with Crippen molar-refractivity contribution in [3.05, 3.63) is 52.6 Å². The van der Waals surface area contributed by atoms with Gasteiger partial charge in [0.05, 0.1) is 11.3 Å². The van der Waals surface area contributed by atoms with E-state index in [1.165, 1.54) is 16.7 Å². The molecule has 2 heterocycles. The van der Waals surface area contributed by atoms with Crippen molar-refractivity contribution in [3.63, 3.8) is 0 Å². The molecule has 0 radical (unpaired) electrons. The van der Waals surface area contributed by atoms with E-state index in [1.807, 2.05) is 0 Å². The van der Waals surface area contributed by atoms with Gasteiger partial charge in [-0.3, -0.25) is 4.68 Å². The SMILES string of the molecule is Cn1ccc(-c2n[nH]c(=O)n2-c2ccc(C(=O)O)cc2)n1. The van der Waals surface area contributed by atoms with Gasteiger partial charge in [-0.05, 0) is 30.3 Å². The summed E-state index contributed by atoms with van der Waals surface area (Å²) in [5.74, 6) is -0.658. The predicted octanol–water partition coefficient (Wildman–Crippen LogP) is 0.659. The van der Waals surface area contributed by atoms with Gasteiger partial charge in [-0.1, -0.05) is 0 Å². The average Bonchev–Trinajstić information content (AvgIpc) is 3.05. The lowest BCUT2D eigenvalue weighted by molar-refractivity contribution is 0.0697. The van der Waals surface area contributed by atoms with E-state index in [-0.39, 0.29) is 5.56 Å². The van der Waals surface area contributed by atoms with Gasteiger partial charge in [-0.2, -0.15) is 10.2 Å². The zero-order chi connectivity index (χ0) is 15.0. The molecule has 0 atom stereocenters. The number of rotatable bonds is 3. The highest BCUT2D eigenvalue weighted by molar-refractivity contribution is 5.87. The van der Waals surface area contributed by atoms with Crippen LogP contribution < -0.4 is 5.69 Å². The second-order valence-electron chi connectivity index (χ2n) is 4.41. The molecule has 8 nitrogen and oxygen atoms in total. The van der Waals surface area contributed by atoms with Crippen molar-refractivity contribution in [2.45, 2.75) is 0 Å². The molecule has 0 aliphatic carbocycles. The highest BCUT2D eigenvalue weighted by atomic mass is 16.4. The molecule has 0 unspecified atom stereocenters. The maximum Gasteiger partial charge on any atom is 0.348 e. The number of aromatic carboxylic acids is 1. The van der Waals surface area contributed by atoms with Gasteiger partial charge in [0, 0.05) is 13.2 Å². The monoisotopic (exact) mass is 285 g/mol. The van der Waals surface area contributed by atoms with Crippen molar-refractivity contribution in [2.75, 3.05) is 0 Å². The molecule has 2 aromatic heterocycles. The van der Waals surface area contributed by atoms with E-state index in [4.69, 9.17) is 5.11 Å². The number of carbonyl (C=O) groups is 1. The molecule has 106 valence electrons. The van der Waals surface area contributed by atoms with Crippen molar-refractivity contribution < 1.29 is 9.90 Å². The van der Waals surface area contributed by atoms with E-state index in [9.17, 15) is 9.59 Å². The van der Waals surface area contributed by atoms with Crippen LogP contribution in [0.15, 0.2) is 41.3 Å². The summed E-state index contributed by atoms with van der Waals surface area (Å²) in [5, 5.41) is 19.4. The second-order valence-corrected chi connectivity index (χ2v) is 4.41. The Kier molecular flexibility index (Phi) is 2.90. The van der Waals surface area contributed by atoms with Crippen LogP contribution in [0.3, 0.4) is 0 Å². The van der Waals surface area contributed by atoms with Crippen LogP contribution in [0.2, 0.25) is 0 Å². The molecule has 21 heavy (non-hydrogen) atoms. The smallest absolute Gasteiger partial charge is 0.348 e. The van der Waals surface area contributed by atoms with Crippen LogP contribution in [0, 0.1) is 0 Å². The molecule has 0 saturated carbocycles. The van der Waals surface area contributed by atoms with Crippen LogP contribution in [0.4, 0.5) is 0 Å². The van der Waals surface area contributed by atoms with E-state index < -0.39 is 11.7 Å². The number of aromatic nitrogens is 5. The topological polar surface area (TPSA) is 106 Å². The quantitative estimate of drug-likeness (QED) is 0.735. The minimum atomic E-state index is -1.02. The molecule has 0 spiro atoms. The fraction of sp³-hybridized carbons (Fsp3) is 0.0769. The van der Waals surface area contributed by atoms with Crippen molar-refractivity contribution in [3.8, 4) is 17.2 Å². The number of benzene rings is 1. The number of carboxylic acid groups (broad SMARTS) is 1. The van der Waals surface area contributed by atoms with Gasteiger partial charge in [0.1, 0.15) is 5.69 Å². The first kappa shape index (κ1) is 12.9. The standard InChI is InChI=1S/C13H11N5O3/c1-17-7-6-10(16-17)11-14-15-13(21)18(11)9-4-2-8(3-5-9)12(19)20/h2-7H,1H3,(H,15,21)(H,19,20). The Morgan fingerprint density at radius 3 is 2.52 bits per heavy atom. The Morgan fingerprint density at radius 2 is 1.95 bits per heavy atom. The lowest BCUT2D eigenvalue weighted by atomic mass is 10.2. The highest BCUT2D eigenvalue weighted by Gasteiger charge is 2.15. The predicted molar refractivity (Wildman–Crippen MR) is 73.3 cm³/mol. The summed E-state index contributed by atoms with van der Waals surface area (Å²) in [6.45, 7) is 0. The third-order valence-electron chi connectivity index (χ3n) is 2.99. The largest absolute Gasteiger partial charge is 0.478 e. The van der Waals surface area contributed by atoms with Gasteiger partial charge < -0.3 is 5.11 Å². The van der Waals surface area contributed by atoms with E-state index >= 15 is 0 Å². The summed E-state index contributed by atoms with van der Waals surface area (Å²) in [4.78, 5) is 22.8. The molecule has 1 aromatic carbocycles. The number of carboxylic acids is 1. The van der Waals surface area contributed by atoms with Crippen molar-refractivity contribution in [1.82, 2.24) is 24.5 Å². The Morgan fingerprint density at radius 1 is 1.24 bits per heavy atom. The molecular formula is C13H11N5O3. The fourth-order valence-electron chi connectivity index (χ4n) is 2.00. The normalized spacial score (nSPS) is 10.7.